The number of aryl methyl sites for hydroxylation is 2. The highest BCUT2D eigenvalue weighted by Gasteiger charge is 2.38. The van der Waals surface area contributed by atoms with Crippen LogP contribution in [0.3, 0.4) is 0 Å². The van der Waals surface area contributed by atoms with Gasteiger partial charge in [-0.3, -0.25) is 0 Å². The maximum atomic E-state index is 13.0. The molecule has 1 fully saturated rings. The highest BCUT2D eigenvalue weighted by atomic mass is 16.8. The number of hydrogen-bond donors (Lipinski definition) is 0. The third-order valence-corrected chi connectivity index (χ3v) is 5.95. The molecule has 2 aliphatic rings. The molecule has 1 aromatic rings. The van der Waals surface area contributed by atoms with E-state index in [-0.39, 0.29) is 36.1 Å². The second-order valence-corrected chi connectivity index (χ2v) is 8.47. The van der Waals surface area contributed by atoms with Gasteiger partial charge in [0.1, 0.15) is 18.3 Å². The molecule has 0 radical (unpaired) electrons. The van der Waals surface area contributed by atoms with E-state index in [0.717, 1.165) is 24.0 Å². The van der Waals surface area contributed by atoms with Gasteiger partial charge in [0.15, 0.2) is 0 Å². The lowest BCUT2D eigenvalue weighted by Gasteiger charge is -2.22. The summed E-state index contributed by atoms with van der Waals surface area (Å²) in [7, 11) is 0. The van der Waals surface area contributed by atoms with Crippen molar-refractivity contribution in [3.63, 3.8) is 0 Å². The van der Waals surface area contributed by atoms with E-state index in [9.17, 15) is 9.59 Å². The molecule has 162 valence electrons. The van der Waals surface area contributed by atoms with Crippen molar-refractivity contribution in [1.82, 2.24) is 0 Å². The number of ether oxygens (including phenoxy) is 3. The van der Waals surface area contributed by atoms with Crippen LogP contribution in [0.2, 0.25) is 0 Å². The van der Waals surface area contributed by atoms with Crippen LogP contribution in [0.15, 0.2) is 30.4 Å². The predicted octanol–water partition coefficient (Wildman–Crippen LogP) is 5.64. The molecule has 5 atom stereocenters. The Morgan fingerprint density at radius 2 is 1.73 bits per heavy atom. The van der Waals surface area contributed by atoms with Crippen molar-refractivity contribution < 1.29 is 23.8 Å². The Bertz CT molecular complexity index is 853. The molecule has 0 amide bonds. The van der Waals surface area contributed by atoms with E-state index in [0.29, 0.717) is 12.0 Å². The van der Waals surface area contributed by atoms with Gasteiger partial charge in [0.25, 0.3) is 0 Å². The second-order valence-electron chi connectivity index (χ2n) is 8.47. The number of carbonyl (C=O) groups excluding carboxylic acids is 2. The summed E-state index contributed by atoms with van der Waals surface area (Å²) in [5.74, 6) is -0.287. The lowest BCUT2D eigenvalue weighted by molar-refractivity contribution is 0.0264. The molecule has 0 spiro atoms. The summed E-state index contributed by atoms with van der Waals surface area (Å²) in [5, 5.41) is 0. The van der Waals surface area contributed by atoms with Crippen LogP contribution in [-0.2, 0) is 20.6 Å². The Kier molecular flexibility index (Phi) is 7.01. The largest absolute Gasteiger partial charge is 0.509 e. The molecular weight excluding hydrogens is 380 g/mol. The fraction of sp³-hybridized carbons (Fsp3) is 0.520. The summed E-state index contributed by atoms with van der Waals surface area (Å²) in [6.45, 7) is 10.0. The van der Waals surface area contributed by atoms with Crippen LogP contribution in [0.25, 0.3) is 6.08 Å². The SMILES string of the molecule is CCCc1cc(C)c2c(c1)/C=C/C[C@@H]1OC(=O)O[C@@H]1[C@H](C)/C=C\[C@@H](C)[C@H](C)OC2=O. The van der Waals surface area contributed by atoms with Gasteiger partial charge >= 0.3 is 12.1 Å². The Balaban J connectivity index is 2.02. The number of benzene rings is 1. The van der Waals surface area contributed by atoms with Gasteiger partial charge in [-0.1, -0.05) is 63.6 Å². The average Bonchev–Trinajstić information content (AvgIpc) is 3.05. The number of fused-ring (bicyclic) bond motifs is 2. The van der Waals surface area contributed by atoms with Crippen molar-refractivity contribution in [2.75, 3.05) is 0 Å². The summed E-state index contributed by atoms with van der Waals surface area (Å²) >= 11 is 0. The minimum Gasteiger partial charge on any atom is -0.458 e. The van der Waals surface area contributed by atoms with Crippen molar-refractivity contribution in [1.29, 1.82) is 0 Å². The first kappa shape index (κ1) is 22.1. The van der Waals surface area contributed by atoms with Gasteiger partial charge in [0.2, 0.25) is 0 Å². The van der Waals surface area contributed by atoms with E-state index in [4.69, 9.17) is 14.2 Å². The maximum absolute atomic E-state index is 13.0. The minimum absolute atomic E-state index is 0.00571. The van der Waals surface area contributed by atoms with Gasteiger partial charge in [-0.15, -0.1) is 0 Å². The zero-order valence-electron chi connectivity index (χ0n) is 18.5. The second kappa shape index (κ2) is 9.50. The van der Waals surface area contributed by atoms with Gasteiger partial charge in [0, 0.05) is 18.3 Å². The molecule has 3 rings (SSSR count). The van der Waals surface area contributed by atoms with Crippen molar-refractivity contribution in [3.05, 3.63) is 52.6 Å². The molecule has 0 unspecified atom stereocenters. The van der Waals surface area contributed by atoms with E-state index in [1.807, 2.05) is 52.0 Å². The van der Waals surface area contributed by atoms with Gasteiger partial charge in [-0.25, -0.2) is 9.59 Å². The fourth-order valence-corrected chi connectivity index (χ4v) is 4.05. The molecular formula is C25H32O5. The van der Waals surface area contributed by atoms with Gasteiger partial charge in [-0.2, -0.15) is 0 Å². The quantitative estimate of drug-likeness (QED) is 0.464. The zero-order chi connectivity index (χ0) is 21.8. The number of rotatable bonds is 2. The lowest BCUT2D eigenvalue weighted by Crippen LogP contribution is -2.28. The van der Waals surface area contributed by atoms with Crippen LogP contribution < -0.4 is 0 Å². The highest BCUT2D eigenvalue weighted by Crippen LogP contribution is 2.28. The first-order valence-electron chi connectivity index (χ1n) is 10.9. The molecule has 0 aromatic heterocycles. The number of hydrogen-bond acceptors (Lipinski definition) is 5. The van der Waals surface area contributed by atoms with Gasteiger partial charge < -0.3 is 14.2 Å². The fourth-order valence-electron chi connectivity index (χ4n) is 4.05. The third-order valence-electron chi connectivity index (χ3n) is 5.95. The van der Waals surface area contributed by atoms with Crippen molar-refractivity contribution >= 4 is 18.2 Å². The highest BCUT2D eigenvalue weighted by molar-refractivity contribution is 5.95. The number of cyclic esters (lactones) is 1. The molecule has 0 aliphatic carbocycles. The summed E-state index contributed by atoms with van der Waals surface area (Å²) in [5.41, 5.74) is 3.54. The first-order chi connectivity index (χ1) is 14.3. The minimum atomic E-state index is -0.621. The van der Waals surface area contributed by atoms with Crippen LogP contribution in [0.4, 0.5) is 4.79 Å². The van der Waals surface area contributed by atoms with Crippen LogP contribution in [-0.4, -0.2) is 30.4 Å². The molecule has 5 nitrogen and oxygen atoms in total. The molecule has 5 heteroatoms. The molecule has 2 heterocycles. The van der Waals surface area contributed by atoms with E-state index >= 15 is 0 Å². The summed E-state index contributed by atoms with van der Waals surface area (Å²) in [6, 6.07) is 4.12. The van der Waals surface area contributed by atoms with Gasteiger partial charge in [0.05, 0.1) is 5.56 Å². The maximum Gasteiger partial charge on any atom is 0.509 e. The number of carbonyl (C=O) groups is 2. The van der Waals surface area contributed by atoms with E-state index in [2.05, 4.69) is 19.1 Å². The first-order valence-corrected chi connectivity index (χ1v) is 10.9. The number of esters is 1. The standard InChI is InChI=1S/C25H32O5/c1-6-8-19-13-17(4)22-20(14-19)9-7-10-21-23(30-25(27)29-21)16(3)12-11-15(2)18(5)28-24(22)26/h7,9,11-16,18,21,23H,6,8,10H2,1-5H3/b9-7+,12-11-/t15-,16-,18+,21+,23-/m1/s1. The molecule has 0 N–H and O–H groups in total. The summed E-state index contributed by atoms with van der Waals surface area (Å²) in [6.07, 6.45) is 8.83. The third kappa shape index (κ3) is 4.94. The molecule has 0 bridgehead atoms. The van der Waals surface area contributed by atoms with Crippen LogP contribution in [0.5, 0.6) is 0 Å². The van der Waals surface area contributed by atoms with Crippen molar-refractivity contribution in [3.8, 4) is 0 Å². The molecule has 1 aromatic carbocycles. The van der Waals surface area contributed by atoms with Crippen LogP contribution >= 0.6 is 0 Å². The topological polar surface area (TPSA) is 61.8 Å². The Labute approximate surface area is 179 Å². The van der Waals surface area contributed by atoms with E-state index in [1.165, 1.54) is 5.56 Å². The van der Waals surface area contributed by atoms with Gasteiger partial charge in [-0.05, 0) is 37.0 Å². The molecule has 2 aliphatic heterocycles. The Morgan fingerprint density at radius 3 is 2.47 bits per heavy atom. The normalized spacial score (nSPS) is 31.4. The lowest BCUT2D eigenvalue weighted by atomic mass is 9.93. The molecule has 30 heavy (non-hydrogen) atoms. The molecule has 1 saturated heterocycles. The van der Waals surface area contributed by atoms with E-state index < -0.39 is 6.16 Å². The summed E-state index contributed by atoms with van der Waals surface area (Å²) < 4.78 is 16.6. The van der Waals surface area contributed by atoms with Crippen LogP contribution in [0.1, 0.15) is 67.6 Å². The smallest absolute Gasteiger partial charge is 0.458 e. The monoisotopic (exact) mass is 412 g/mol. The Morgan fingerprint density at radius 1 is 1.00 bits per heavy atom. The van der Waals surface area contributed by atoms with Crippen LogP contribution in [0, 0.1) is 18.8 Å². The van der Waals surface area contributed by atoms with Crippen molar-refractivity contribution in [2.45, 2.75) is 72.2 Å². The average molecular weight is 413 g/mol. The zero-order valence-corrected chi connectivity index (χ0v) is 18.5. The van der Waals surface area contributed by atoms with E-state index in [1.54, 1.807) is 0 Å². The predicted molar refractivity (Wildman–Crippen MR) is 116 cm³/mol. The van der Waals surface area contributed by atoms with Crippen molar-refractivity contribution in [2.24, 2.45) is 11.8 Å². The molecule has 0 saturated carbocycles. The Hall–Kier alpha value is -2.56. The summed E-state index contributed by atoms with van der Waals surface area (Å²) in [4.78, 5) is 24.8.